The van der Waals surface area contributed by atoms with Gasteiger partial charge in [0.1, 0.15) is 5.69 Å². The molecule has 6 heteroatoms. The van der Waals surface area contributed by atoms with E-state index in [0.29, 0.717) is 5.69 Å². The highest BCUT2D eigenvalue weighted by Gasteiger charge is 2.06. The number of aromatic nitrogens is 1. The fourth-order valence-corrected chi connectivity index (χ4v) is 2.52. The van der Waals surface area contributed by atoms with Crippen molar-refractivity contribution in [3.63, 3.8) is 0 Å². The van der Waals surface area contributed by atoms with Crippen molar-refractivity contribution >= 4 is 49.2 Å². The average Bonchev–Trinajstić information content (AvgIpc) is 2.33. The highest BCUT2D eigenvalue weighted by molar-refractivity contribution is 9.11. The summed E-state index contributed by atoms with van der Waals surface area (Å²) in [6, 6.07) is 8.88. The van der Waals surface area contributed by atoms with E-state index in [1.165, 1.54) is 12.3 Å². The van der Waals surface area contributed by atoms with Gasteiger partial charge in [0.05, 0.1) is 5.69 Å². The first-order chi connectivity index (χ1) is 8.56. The Morgan fingerprint density at radius 2 is 2.00 bits per heavy atom. The number of carboxylic acid groups (broad SMARTS) is 1. The van der Waals surface area contributed by atoms with Gasteiger partial charge in [0.15, 0.2) is 0 Å². The van der Waals surface area contributed by atoms with Crippen LogP contribution < -0.4 is 5.32 Å². The Bertz CT molecular complexity index is 602. The molecular weight excluding hydrogens is 364 g/mol. The summed E-state index contributed by atoms with van der Waals surface area (Å²) in [6.45, 7) is 0. The zero-order chi connectivity index (χ0) is 13.1. The van der Waals surface area contributed by atoms with Gasteiger partial charge in [-0.1, -0.05) is 15.9 Å². The second-order valence-corrected chi connectivity index (χ2v) is 5.25. The Morgan fingerprint density at radius 3 is 2.67 bits per heavy atom. The van der Waals surface area contributed by atoms with Crippen molar-refractivity contribution in [1.29, 1.82) is 0 Å². The molecule has 4 nitrogen and oxygen atoms in total. The molecule has 1 aromatic heterocycles. The fraction of sp³-hybridized carbons (Fsp3) is 0. The monoisotopic (exact) mass is 370 g/mol. The van der Waals surface area contributed by atoms with Crippen molar-refractivity contribution < 1.29 is 9.90 Å². The first-order valence-corrected chi connectivity index (χ1v) is 6.56. The normalized spacial score (nSPS) is 10.1. The summed E-state index contributed by atoms with van der Waals surface area (Å²) >= 11 is 6.79. The van der Waals surface area contributed by atoms with E-state index in [9.17, 15) is 4.79 Å². The van der Waals surface area contributed by atoms with E-state index in [1.54, 1.807) is 6.07 Å². The number of nitrogens with one attached hydrogen (secondary N) is 1. The maximum atomic E-state index is 10.8. The third kappa shape index (κ3) is 3.08. The molecular formula is C12H8Br2N2O2. The lowest BCUT2D eigenvalue weighted by Gasteiger charge is -2.09. The van der Waals surface area contributed by atoms with Crippen LogP contribution in [0.4, 0.5) is 11.4 Å². The molecule has 0 spiro atoms. The van der Waals surface area contributed by atoms with Gasteiger partial charge in [0.25, 0.3) is 0 Å². The number of hydrogen-bond donors (Lipinski definition) is 2. The Labute approximate surface area is 120 Å². The van der Waals surface area contributed by atoms with Crippen LogP contribution in [0.15, 0.2) is 45.5 Å². The molecule has 0 fully saturated rings. The second kappa shape index (κ2) is 5.49. The van der Waals surface area contributed by atoms with E-state index in [0.717, 1.165) is 14.6 Å². The topological polar surface area (TPSA) is 62.2 Å². The van der Waals surface area contributed by atoms with Crippen LogP contribution >= 0.6 is 31.9 Å². The molecule has 0 unspecified atom stereocenters. The zero-order valence-corrected chi connectivity index (χ0v) is 12.2. The third-order valence-corrected chi connectivity index (χ3v) is 3.34. The van der Waals surface area contributed by atoms with Crippen LogP contribution in [0.25, 0.3) is 0 Å². The molecule has 0 aliphatic rings. The molecule has 0 aliphatic carbocycles. The van der Waals surface area contributed by atoms with Crippen LogP contribution in [0.1, 0.15) is 10.5 Å². The largest absolute Gasteiger partial charge is 0.477 e. The number of hydrogen-bond acceptors (Lipinski definition) is 3. The highest BCUT2D eigenvalue weighted by Crippen LogP contribution is 2.28. The van der Waals surface area contributed by atoms with Crippen LogP contribution in [0, 0.1) is 0 Å². The minimum absolute atomic E-state index is 0.00762. The van der Waals surface area contributed by atoms with Crippen molar-refractivity contribution in [3.05, 3.63) is 51.2 Å². The van der Waals surface area contributed by atoms with Crippen molar-refractivity contribution in [3.8, 4) is 0 Å². The number of aromatic carboxylic acids is 1. The number of carbonyl (C=O) groups is 1. The van der Waals surface area contributed by atoms with Gasteiger partial charge in [-0.25, -0.2) is 9.78 Å². The maximum Gasteiger partial charge on any atom is 0.354 e. The van der Waals surface area contributed by atoms with Crippen LogP contribution in [0.5, 0.6) is 0 Å². The Balaban J connectivity index is 2.28. The van der Waals surface area contributed by atoms with Crippen molar-refractivity contribution in [2.24, 2.45) is 0 Å². The highest BCUT2D eigenvalue weighted by atomic mass is 79.9. The Hall–Kier alpha value is -1.40. The van der Waals surface area contributed by atoms with E-state index in [4.69, 9.17) is 5.11 Å². The molecule has 92 valence electrons. The summed E-state index contributed by atoms with van der Waals surface area (Å²) in [5, 5.41) is 12.0. The SMILES string of the molecule is O=C(O)c1cc(Nc2ccc(Br)cc2Br)ccn1. The number of benzene rings is 1. The summed E-state index contributed by atoms with van der Waals surface area (Å²) in [4.78, 5) is 14.6. The summed E-state index contributed by atoms with van der Waals surface area (Å²) in [5.41, 5.74) is 1.53. The van der Waals surface area contributed by atoms with E-state index in [-0.39, 0.29) is 5.69 Å². The molecule has 0 radical (unpaired) electrons. The summed E-state index contributed by atoms with van der Waals surface area (Å²) in [7, 11) is 0. The number of carboxylic acids is 1. The van der Waals surface area contributed by atoms with Crippen LogP contribution in [0.2, 0.25) is 0 Å². The van der Waals surface area contributed by atoms with E-state index in [1.807, 2.05) is 18.2 Å². The first-order valence-electron chi connectivity index (χ1n) is 4.97. The predicted molar refractivity (Wildman–Crippen MR) is 76.3 cm³/mol. The lowest BCUT2D eigenvalue weighted by Crippen LogP contribution is -2.01. The van der Waals surface area contributed by atoms with Crippen LogP contribution in [0.3, 0.4) is 0 Å². The Morgan fingerprint density at radius 1 is 1.22 bits per heavy atom. The molecule has 0 aliphatic heterocycles. The molecule has 2 aromatic rings. The molecule has 1 heterocycles. The third-order valence-electron chi connectivity index (χ3n) is 2.19. The minimum atomic E-state index is -1.05. The number of anilines is 2. The fourth-order valence-electron chi connectivity index (χ4n) is 1.37. The van der Waals surface area contributed by atoms with E-state index >= 15 is 0 Å². The van der Waals surface area contributed by atoms with Crippen molar-refractivity contribution in [1.82, 2.24) is 4.98 Å². The number of pyridine rings is 1. The van der Waals surface area contributed by atoms with Crippen molar-refractivity contribution in [2.75, 3.05) is 5.32 Å². The second-order valence-electron chi connectivity index (χ2n) is 3.48. The van der Waals surface area contributed by atoms with Gasteiger partial charge in [-0.05, 0) is 46.3 Å². The minimum Gasteiger partial charge on any atom is -0.477 e. The first kappa shape index (κ1) is 13.0. The lowest BCUT2D eigenvalue weighted by molar-refractivity contribution is 0.0690. The molecule has 2 rings (SSSR count). The number of halogens is 2. The van der Waals surface area contributed by atoms with Crippen LogP contribution in [-0.4, -0.2) is 16.1 Å². The van der Waals surface area contributed by atoms with Gasteiger partial charge in [0.2, 0.25) is 0 Å². The van der Waals surface area contributed by atoms with Crippen LogP contribution in [-0.2, 0) is 0 Å². The molecule has 2 N–H and O–H groups in total. The maximum absolute atomic E-state index is 10.8. The lowest BCUT2D eigenvalue weighted by atomic mass is 10.2. The molecule has 18 heavy (non-hydrogen) atoms. The molecule has 0 saturated carbocycles. The van der Waals surface area contributed by atoms with Gasteiger partial charge in [-0.15, -0.1) is 0 Å². The smallest absolute Gasteiger partial charge is 0.354 e. The summed E-state index contributed by atoms with van der Waals surface area (Å²) < 4.78 is 1.84. The summed E-state index contributed by atoms with van der Waals surface area (Å²) in [6.07, 6.45) is 1.46. The number of nitrogens with zero attached hydrogens (tertiary/aromatic N) is 1. The van der Waals surface area contributed by atoms with E-state index in [2.05, 4.69) is 42.2 Å². The molecule has 1 aromatic carbocycles. The van der Waals surface area contributed by atoms with Gasteiger partial charge in [-0.2, -0.15) is 0 Å². The van der Waals surface area contributed by atoms with Gasteiger partial charge < -0.3 is 10.4 Å². The van der Waals surface area contributed by atoms with Gasteiger partial charge in [-0.3, -0.25) is 0 Å². The quantitative estimate of drug-likeness (QED) is 0.854. The summed E-state index contributed by atoms with van der Waals surface area (Å²) in [5.74, 6) is -1.05. The van der Waals surface area contributed by atoms with Gasteiger partial charge in [0, 0.05) is 20.8 Å². The average molecular weight is 372 g/mol. The standard InChI is InChI=1S/C12H8Br2N2O2/c13-7-1-2-10(9(14)5-7)16-8-3-4-15-11(6-8)12(17)18/h1-6H,(H,15,16)(H,17,18). The molecule has 0 saturated heterocycles. The molecule has 0 bridgehead atoms. The van der Waals surface area contributed by atoms with Crippen molar-refractivity contribution in [2.45, 2.75) is 0 Å². The number of rotatable bonds is 3. The Kier molecular flexibility index (Phi) is 3.98. The zero-order valence-electron chi connectivity index (χ0n) is 9.02. The van der Waals surface area contributed by atoms with E-state index < -0.39 is 5.97 Å². The van der Waals surface area contributed by atoms with Gasteiger partial charge >= 0.3 is 5.97 Å². The predicted octanol–water partition coefficient (Wildman–Crippen LogP) is 4.05. The molecule has 0 amide bonds. The molecule has 0 atom stereocenters.